The van der Waals surface area contributed by atoms with Gasteiger partial charge in [0, 0.05) is 41.1 Å². The number of aryl methyl sites for hydroxylation is 4. The minimum absolute atomic E-state index is 0.384. The zero-order valence-corrected chi connectivity index (χ0v) is 13.3. The molecule has 2 rings (SSSR count). The molecule has 2 aromatic heterocycles. The molecule has 4 heteroatoms. The predicted molar refractivity (Wildman–Crippen MR) is 81.6 cm³/mol. The first-order valence-corrected chi connectivity index (χ1v) is 7.64. The van der Waals surface area contributed by atoms with E-state index in [1.807, 2.05) is 23.1 Å². The van der Waals surface area contributed by atoms with Gasteiger partial charge in [-0.3, -0.25) is 4.68 Å². The van der Waals surface area contributed by atoms with Crippen LogP contribution in [0, 0.1) is 13.8 Å². The Morgan fingerprint density at radius 1 is 1.42 bits per heavy atom. The molecule has 0 aliphatic heterocycles. The number of hydrogen-bond donors (Lipinski definition) is 1. The van der Waals surface area contributed by atoms with E-state index < -0.39 is 0 Å². The predicted octanol–water partition coefficient (Wildman–Crippen LogP) is 3.51. The molecule has 104 valence electrons. The van der Waals surface area contributed by atoms with Crippen LogP contribution in [-0.4, -0.2) is 9.78 Å². The number of hydrogen-bond acceptors (Lipinski definition) is 3. The standard InChI is InChI=1S/C15H23N3S/c1-6-15-13(9-18(5)17-15)8-16-11(3)14-7-10(2)19-12(14)4/h7,9,11,16H,6,8H2,1-5H3. The van der Waals surface area contributed by atoms with E-state index in [0.717, 1.165) is 13.0 Å². The quantitative estimate of drug-likeness (QED) is 0.906. The van der Waals surface area contributed by atoms with E-state index in [4.69, 9.17) is 0 Å². The van der Waals surface area contributed by atoms with Crippen LogP contribution < -0.4 is 5.32 Å². The molecule has 2 heterocycles. The van der Waals surface area contributed by atoms with Crippen LogP contribution >= 0.6 is 11.3 Å². The molecule has 19 heavy (non-hydrogen) atoms. The summed E-state index contributed by atoms with van der Waals surface area (Å²) in [5.41, 5.74) is 3.92. The largest absolute Gasteiger partial charge is 0.306 e. The van der Waals surface area contributed by atoms with Crippen LogP contribution in [0.5, 0.6) is 0 Å². The summed E-state index contributed by atoms with van der Waals surface area (Å²) in [6.07, 6.45) is 3.10. The molecule has 2 aromatic rings. The zero-order valence-electron chi connectivity index (χ0n) is 12.4. The smallest absolute Gasteiger partial charge is 0.0666 e. The van der Waals surface area contributed by atoms with Crippen molar-refractivity contribution in [1.29, 1.82) is 0 Å². The van der Waals surface area contributed by atoms with E-state index in [0.29, 0.717) is 6.04 Å². The molecule has 0 radical (unpaired) electrons. The fraction of sp³-hybridized carbons (Fsp3) is 0.533. The summed E-state index contributed by atoms with van der Waals surface area (Å²) < 4.78 is 1.90. The van der Waals surface area contributed by atoms with Gasteiger partial charge >= 0.3 is 0 Å². The third kappa shape index (κ3) is 3.25. The van der Waals surface area contributed by atoms with Crippen molar-refractivity contribution in [2.45, 2.75) is 46.7 Å². The van der Waals surface area contributed by atoms with Crippen LogP contribution in [0.1, 0.15) is 46.5 Å². The van der Waals surface area contributed by atoms with Crippen molar-refractivity contribution in [3.8, 4) is 0 Å². The van der Waals surface area contributed by atoms with Crippen molar-refractivity contribution in [2.75, 3.05) is 0 Å². The summed E-state index contributed by atoms with van der Waals surface area (Å²) in [5, 5.41) is 8.09. The molecule has 1 atom stereocenters. The van der Waals surface area contributed by atoms with Crippen molar-refractivity contribution in [3.63, 3.8) is 0 Å². The summed E-state index contributed by atoms with van der Waals surface area (Å²) >= 11 is 1.87. The van der Waals surface area contributed by atoms with Crippen molar-refractivity contribution < 1.29 is 0 Å². The molecule has 1 unspecified atom stereocenters. The van der Waals surface area contributed by atoms with Crippen LogP contribution in [0.4, 0.5) is 0 Å². The lowest BCUT2D eigenvalue weighted by Gasteiger charge is -2.13. The molecule has 1 N–H and O–H groups in total. The third-order valence-corrected chi connectivity index (χ3v) is 4.45. The molecular weight excluding hydrogens is 254 g/mol. The van der Waals surface area contributed by atoms with E-state index in [1.165, 1.54) is 26.6 Å². The minimum Gasteiger partial charge on any atom is -0.306 e. The van der Waals surface area contributed by atoms with Gasteiger partial charge in [-0.05, 0) is 38.8 Å². The van der Waals surface area contributed by atoms with Crippen molar-refractivity contribution >= 4 is 11.3 Å². The highest BCUT2D eigenvalue weighted by Gasteiger charge is 2.12. The first-order valence-electron chi connectivity index (χ1n) is 6.83. The maximum Gasteiger partial charge on any atom is 0.0666 e. The fourth-order valence-corrected chi connectivity index (χ4v) is 3.50. The average Bonchev–Trinajstić information content (AvgIpc) is 2.88. The van der Waals surface area contributed by atoms with Gasteiger partial charge in [-0.25, -0.2) is 0 Å². The molecule has 0 saturated carbocycles. The van der Waals surface area contributed by atoms with Crippen LogP contribution in [0.2, 0.25) is 0 Å². The van der Waals surface area contributed by atoms with E-state index >= 15 is 0 Å². The molecular formula is C15H23N3S. The maximum atomic E-state index is 4.48. The van der Waals surface area contributed by atoms with Crippen LogP contribution in [-0.2, 0) is 20.0 Å². The highest BCUT2D eigenvalue weighted by molar-refractivity contribution is 7.12. The molecule has 0 aliphatic rings. The molecule has 0 amide bonds. The third-order valence-electron chi connectivity index (χ3n) is 3.47. The normalized spacial score (nSPS) is 12.9. The number of thiophene rings is 1. The lowest BCUT2D eigenvalue weighted by Crippen LogP contribution is -2.18. The monoisotopic (exact) mass is 277 g/mol. The zero-order chi connectivity index (χ0) is 14.0. The number of nitrogens with one attached hydrogen (secondary N) is 1. The second-order valence-corrected chi connectivity index (χ2v) is 6.56. The Kier molecular flexibility index (Phi) is 4.42. The highest BCUT2D eigenvalue weighted by atomic mass is 32.1. The number of rotatable bonds is 5. The summed E-state index contributed by atoms with van der Waals surface area (Å²) in [5.74, 6) is 0. The van der Waals surface area contributed by atoms with Gasteiger partial charge in [-0.1, -0.05) is 6.92 Å². The molecule has 0 fully saturated rings. The van der Waals surface area contributed by atoms with Gasteiger partial charge in [-0.2, -0.15) is 5.10 Å². The average molecular weight is 277 g/mol. The van der Waals surface area contributed by atoms with Crippen LogP contribution in [0.25, 0.3) is 0 Å². The van der Waals surface area contributed by atoms with E-state index in [9.17, 15) is 0 Å². The summed E-state index contributed by atoms with van der Waals surface area (Å²) in [6.45, 7) is 9.64. The highest BCUT2D eigenvalue weighted by Crippen LogP contribution is 2.26. The van der Waals surface area contributed by atoms with Gasteiger partial charge in [0.1, 0.15) is 0 Å². The Morgan fingerprint density at radius 2 is 2.16 bits per heavy atom. The molecule has 3 nitrogen and oxygen atoms in total. The Morgan fingerprint density at radius 3 is 2.74 bits per heavy atom. The Bertz CT molecular complexity index is 554. The topological polar surface area (TPSA) is 29.9 Å². The molecule has 0 aromatic carbocycles. The number of aromatic nitrogens is 2. The van der Waals surface area contributed by atoms with Crippen molar-refractivity contribution in [2.24, 2.45) is 7.05 Å². The maximum absolute atomic E-state index is 4.48. The first-order chi connectivity index (χ1) is 9.01. The van der Waals surface area contributed by atoms with Crippen molar-refractivity contribution in [3.05, 3.63) is 38.8 Å². The second-order valence-electron chi connectivity index (χ2n) is 5.10. The summed E-state index contributed by atoms with van der Waals surface area (Å²) in [4.78, 5) is 2.80. The first kappa shape index (κ1) is 14.3. The van der Waals surface area contributed by atoms with Gasteiger partial charge in [0.15, 0.2) is 0 Å². The summed E-state index contributed by atoms with van der Waals surface area (Å²) in [7, 11) is 1.98. The molecule has 0 spiro atoms. The van der Waals surface area contributed by atoms with Crippen LogP contribution in [0.15, 0.2) is 12.3 Å². The lowest BCUT2D eigenvalue weighted by molar-refractivity contribution is 0.572. The van der Waals surface area contributed by atoms with Gasteiger partial charge in [0.25, 0.3) is 0 Å². The van der Waals surface area contributed by atoms with E-state index in [2.05, 4.69) is 50.4 Å². The van der Waals surface area contributed by atoms with Gasteiger partial charge in [0.05, 0.1) is 5.69 Å². The van der Waals surface area contributed by atoms with E-state index in [1.54, 1.807) is 0 Å². The van der Waals surface area contributed by atoms with Gasteiger partial charge in [-0.15, -0.1) is 11.3 Å². The SMILES string of the molecule is CCc1nn(C)cc1CNC(C)c1cc(C)sc1C. The van der Waals surface area contributed by atoms with Crippen LogP contribution in [0.3, 0.4) is 0 Å². The Balaban J connectivity index is 2.04. The van der Waals surface area contributed by atoms with Gasteiger partial charge in [0.2, 0.25) is 0 Å². The minimum atomic E-state index is 0.384. The van der Waals surface area contributed by atoms with Gasteiger partial charge < -0.3 is 5.32 Å². The fourth-order valence-electron chi connectivity index (χ4n) is 2.48. The Hall–Kier alpha value is -1.13. The molecule has 0 aliphatic carbocycles. The van der Waals surface area contributed by atoms with E-state index in [-0.39, 0.29) is 0 Å². The number of nitrogens with zero attached hydrogens (tertiary/aromatic N) is 2. The second kappa shape index (κ2) is 5.88. The molecule has 0 saturated heterocycles. The Labute approximate surface area is 119 Å². The molecule has 0 bridgehead atoms. The summed E-state index contributed by atoms with van der Waals surface area (Å²) in [6, 6.07) is 2.68. The lowest BCUT2D eigenvalue weighted by atomic mass is 10.1. The van der Waals surface area contributed by atoms with Crippen molar-refractivity contribution in [1.82, 2.24) is 15.1 Å².